The van der Waals surface area contributed by atoms with Gasteiger partial charge in [0, 0.05) is 25.9 Å². The largest absolute Gasteiger partial charge is 0.399 e. The van der Waals surface area contributed by atoms with E-state index in [1.54, 1.807) is 19.2 Å². The monoisotopic (exact) mass is 274 g/mol. The lowest BCUT2D eigenvalue weighted by Crippen LogP contribution is -2.39. The normalized spacial score (nSPS) is 20.6. The number of hydrogen-bond acceptors (Lipinski definition) is 3. The summed E-state index contributed by atoms with van der Waals surface area (Å²) in [4.78, 5) is 2.17. The number of halogens is 2. The van der Waals surface area contributed by atoms with Crippen LogP contribution in [0.5, 0.6) is 0 Å². The maximum atomic E-state index is 6.21. The van der Waals surface area contributed by atoms with Crippen molar-refractivity contribution >= 4 is 34.6 Å². The summed E-state index contributed by atoms with van der Waals surface area (Å²) in [6, 6.07) is 3.47. The summed E-state index contributed by atoms with van der Waals surface area (Å²) >= 11 is 12.4. The van der Waals surface area contributed by atoms with Gasteiger partial charge in [-0.1, -0.05) is 23.2 Å². The molecular formula is C12H16Cl2N2O. The zero-order valence-corrected chi connectivity index (χ0v) is 11.3. The van der Waals surface area contributed by atoms with E-state index < -0.39 is 0 Å². The maximum Gasteiger partial charge on any atom is 0.0747 e. The predicted octanol–water partition coefficient (Wildman–Crippen LogP) is 3.19. The summed E-state index contributed by atoms with van der Waals surface area (Å²) in [5, 5.41) is 1.21. The maximum absolute atomic E-state index is 6.21. The average Bonchev–Trinajstić information content (AvgIpc) is 2.28. The third-order valence-electron chi connectivity index (χ3n) is 3.07. The molecule has 1 fully saturated rings. The molecule has 1 aromatic carbocycles. The van der Waals surface area contributed by atoms with Crippen molar-refractivity contribution in [2.45, 2.75) is 18.9 Å². The standard InChI is InChI=1S/C12H16Cl2N2O/c1-17-9-3-2-4-16(7-9)12-10(13)5-8(15)6-11(12)14/h5-6,9H,2-4,7,15H2,1H3. The lowest BCUT2D eigenvalue weighted by atomic mass is 10.1. The molecule has 3 nitrogen and oxygen atoms in total. The van der Waals surface area contributed by atoms with Crippen molar-refractivity contribution in [1.29, 1.82) is 0 Å². The summed E-state index contributed by atoms with van der Waals surface area (Å²) < 4.78 is 5.39. The van der Waals surface area contributed by atoms with Gasteiger partial charge >= 0.3 is 0 Å². The molecule has 1 atom stereocenters. The Morgan fingerprint density at radius 1 is 1.35 bits per heavy atom. The molecular weight excluding hydrogens is 259 g/mol. The summed E-state index contributed by atoms with van der Waals surface area (Å²) in [5.41, 5.74) is 7.15. The SMILES string of the molecule is COC1CCCN(c2c(Cl)cc(N)cc2Cl)C1. The first-order chi connectivity index (χ1) is 8.11. The van der Waals surface area contributed by atoms with Gasteiger partial charge in [0.05, 0.1) is 21.8 Å². The second-order valence-corrected chi connectivity index (χ2v) is 5.09. The number of benzene rings is 1. The van der Waals surface area contributed by atoms with Crippen LogP contribution in [0.15, 0.2) is 12.1 Å². The van der Waals surface area contributed by atoms with Crippen LogP contribution in [-0.2, 0) is 4.74 Å². The molecule has 1 aliphatic rings. The molecule has 1 aromatic rings. The molecule has 0 amide bonds. The number of piperidine rings is 1. The van der Waals surface area contributed by atoms with E-state index in [1.807, 2.05) is 0 Å². The van der Waals surface area contributed by atoms with E-state index in [0.29, 0.717) is 15.7 Å². The van der Waals surface area contributed by atoms with Gasteiger partial charge in [0.1, 0.15) is 0 Å². The van der Waals surface area contributed by atoms with E-state index in [2.05, 4.69) is 4.90 Å². The zero-order chi connectivity index (χ0) is 12.4. The molecule has 17 heavy (non-hydrogen) atoms. The van der Waals surface area contributed by atoms with E-state index in [1.165, 1.54) is 0 Å². The van der Waals surface area contributed by atoms with Crippen LogP contribution in [0.3, 0.4) is 0 Å². The van der Waals surface area contributed by atoms with E-state index in [9.17, 15) is 0 Å². The smallest absolute Gasteiger partial charge is 0.0747 e. The molecule has 1 unspecified atom stereocenters. The number of nitrogen functional groups attached to an aromatic ring is 1. The van der Waals surface area contributed by atoms with Crippen molar-refractivity contribution < 1.29 is 4.74 Å². The van der Waals surface area contributed by atoms with Gasteiger partial charge in [0.2, 0.25) is 0 Å². The van der Waals surface area contributed by atoms with Crippen molar-refractivity contribution in [3.05, 3.63) is 22.2 Å². The van der Waals surface area contributed by atoms with Crippen molar-refractivity contribution in [3.63, 3.8) is 0 Å². The summed E-state index contributed by atoms with van der Waals surface area (Å²) in [6.45, 7) is 1.77. The van der Waals surface area contributed by atoms with Crippen molar-refractivity contribution in [3.8, 4) is 0 Å². The number of anilines is 2. The van der Waals surface area contributed by atoms with Crippen molar-refractivity contribution in [2.24, 2.45) is 0 Å². The number of nitrogens with zero attached hydrogens (tertiary/aromatic N) is 1. The molecule has 0 bridgehead atoms. The molecule has 1 aliphatic heterocycles. The van der Waals surface area contributed by atoms with Gasteiger partial charge < -0.3 is 15.4 Å². The van der Waals surface area contributed by atoms with Crippen LogP contribution in [0.4, 0.5) is 11.4 Å². The fraction of sp³-hybridized carbons (Fsp3) is 0.500. The average molecular weight is 275 g/mol. The Bertz CT molecular complexity index is 388. The number of nitrogens with two attached hydrogens (primary N) is 1. The van der Waals surface area contributed by atoms with Crippen LogP contribution in [0.2, 0.25) is 10.0 Å². The molecule has 2 N–H and O–H groups in total. The Kier molecular flexibility index (Phi) is 4.02. The lowest BCUT2D eigenvalue weighted by Gasteiger charge is -2.34. The van der Waals surface area contributed by atoms with Gasteiger partial charge in [-0.15, -0.1) is 0 Å². The number of rotatable bonds is 2. The fourth-order valence-electron chi connectivity index (χ4n) is 2.22. The number of hydrogen-bond donors (Lipinski definition) is 1. The Labute approximate surface area is 111 Å². The first-order valence-corrected chi connectivity index (χ1v) is 6.39. The molecule has 0 radical (unpaired) electrons. The van der Waals surface area contributed by atoms with Crippen LogP contribution in [0.25, 0.3) is 0 Å². The minimum absolute atomic E-state index is 0.244. The topological polar surface area (TPSA) is 38.5 Å². The van der Waals surface area contributed by atoms with Crippen molar-refractivity contribution in [2.75, 3.05) is 30.8 Å². The fourth-order valence-corrected chi connectivity index (χ4v) is 2.96. The Morgan fingerprint density at radius 2 is 2.00 bits per heavy atom. The molecule has 1 heterocycles. The minimum Gasteiger partial charge on any atom is -0.399 e. The highest BCUT2D eigenvalue weighted by atomic mass is 35.5. The van der Waals surface area contributed by atoms with Crippen LogP contribution in [0, 0.1) is 0 Å². The molecule has 0 aliphatic carbocycles. The minimum atomic E-state index is 0.244. The molecule has 0 saturated carbocycles. The Balaban J connectivity index is 2.27. The van der Waals surface area contributed by atoms with Gasteiger partial charge in [-0.05, 0) is 25.0 Å². The molecule has 0 spiro atoms. The first-order valence-electron chi connectivity index (χ1n) is 5.64. The Morgan fingerprint density at radius 3 is 2.59 bits per heavy atom. The van der Waals surface area contributed by atoms with Crippen LogP contribution in [0.1, 0.15) is 12.8 Å². The first kappa shape index (κ1) is 12.8. The van der Waals surface area contributed by atoms with E-state index in [0.717, 1.165) is 31.6 Å². The zero-order valence-electron chi connectivity index (χ0n) is 9.75. The van der Waals surface area contributed by atoms with Gasteiger partial charge in [-0.3, -0.25) is 0 Å². The highest BCUT2D eigenvalue weighted by Crippen LogP contribution is 2.37. The van der Waals surface area contributed by atoms with E-state index in [-0.39, 0.29) is 6.10 Å². The van der Waals surface area contributed by atoms with E-state index in [4.69, 9.17) is 33.7 Å². The quantitative estimate of drug-likeness (QED) is 0.842. The molecule has 2 rings (SSSR count). The summed E-state index contributed by atoms with van der Waals surface area (Å²) in [7, 11) is 1.74. The summed E-state index contributed by atoms with van der Waals surface area (Å²) in [5.74, 6) is 0. The third-order valence-corrected chi connectivity index (χ3v) is 3.64. The van der Waals surface area contributed by atoms with E-state index >= 15 is 0 Å². The highest BCUT2D eigenvalue weighted by Gasteiger charge is 2.23. The Hall–Kier alpha value is -0.640. The lowest BCUT2D eigenvalue weighted by molar-refractivity contribution is 0.0893. The second kappa shape index (κ2) is 5.34. The van der Waals surface area contributed by atoms with Crippen LogP contribution >= 0.6 is 23.2 Å². The van der Waals surface area contributed by atoms with Crippen LogP contribution < -0.4 is 10.6 Å². The third kappa shape index (κ3) is 2.79. The van der Waals surface area contributed by atoms with Crippen molar-refractivity contribution in [1.82, 2.24) is 0 Å². The predicted molar refractivity (Wildman–Crippen MR) is 73.1 cm³/mol. The van der Waals surface area contributed by atoms with Gasteiger partial charge in [0.25, 0.3) is 0 Å². The van der Waals surface area contributed by atoms with Crippen LogP contribution in [-0.4, -0.2) is 26.3 Å². The number of ether oxygens (including phenoxy) is 1. The highest BCUT2D eigenvalue weighted by molar-refractivity contribution is 6.39. The summed E-state index contributed by atoms with van der Waals surface area (Å²) in [6.07, 6.45) is 2.40. The van der Waals surface area contributed by atoms with Gasteiger partial charge in [-0.2, -0.15) is 0 Å². The van der Waals surface area contributed by atoms with Gasteiger partial charge in [-0.25, -0.2) is 0 Å². The molecule has 1 saturated heterocycles. The molecule has 0 aromatic heterocycles. The van der Waals surface area contributed by atoms with Gasteiger partial charge in [0.15, 0.2) is 0 Å². The molecule has 94 valence electrons. The second-order valence-electron chi connectivity index (χ2n) is 4.28. The number of methoxy groups -OCH3 is 1. The molecule has 5 heteroatoms.